The van der Waals surface area contributed by atoms with E-state index < -0.39 is 5.97 Å². The lowest BCUT2D eigenvalue weighted by atomic mass is 10.1. The lowest BCUT2D eigenvalue weighted by Crippen LogP contribution is -2.23. The van der Waals surface area contributed by atoms with Gasteiger partial charge in [0.15, 0.2) is 0 Å². The fourth-order valence-corrected chi connectivity index (χ4v) is 1.85. The van der Waals surface area contributed by atoms with Crippen LogP contribution in [0.15, 0.2) is 42.5 Å². The molecule has 3 nitrogen and oxygen atoms in total. The summed E-state index contributed by atoms with van der Waals surface area (Å²) in [7, 11) is 0. The van der Waals surface area contributed by atoms with Crippen LogP contribution in [0, 0.1) is 0 Å². The van der Waals surface area contributed by atoms with E-state index in [1.165, 1.54) is 6.07 Å². The Labute approximate surface area is 114 Å². The van der Waals surface area contributed by atoms with Crippen molar-refractivity contribution in [3.63, 3.8) is 0 Å². The van der Waals surface area contributed by atoms with Crippen molar-refractivity contribution < 1.29 is 9.90 Å². The number of carbonyl (C=O) groups excluding carboxylic acids is 1. The van der Waals surface area contributed by atoms with Crippen molar-refractivity contribution in [2.45, 2.75) is 0 Å². The maximum absolute atomic E-state index is 11.0. The Morgan fingerprint density at radius 1 is 1.06 bits per heavy atom. The van der Waals surface area contributed by atoms with E-state index in [-0.39, 0.29) is 5.56 Å². The normalized spacial score (nSPS) is 10.1. The van der Waals surface area contributed by atoms with Gasteiger partial charge in [0.05, 0.1) is 16.7 Å². The Balaban J connectivity index is 2.40. The number of halogens is 2. The Kier molecular flexibility index (Phi) is 3.75. The number of anilines is 2. The van der Waals surface area contributed by atoms with Gasteiger partial charge in [0.1, 0.15) is 0 Å². The minimum absolute atomic E-state index is 0.0635. The zero-order valence-electron chi connectivity index (χ0n) is 9.11. The Morgan fingerprint density at radius 3 is 2.50 bits per heavy atom. The summed E-state index contributed by atoms with van der Waals surface area (Å²) < 4.78 is 0. The maximum Gasteiger partial charge on any atom is 0.0736 e. The first-order chi connectivity index (χ1) is 8.58. The summed E-state index contributed by atoms with van der Waals surface area (Å²) in [6, 6.07) is 11.3. The molecule has 0 heterocycles. The zero-order chi connectivity index (χ0) is 13.1. The number of para-hydroxylation sites is 1. The third-order valence-corrected chi connectivity index (χ3v) is 2.91. The number of hydrogen-bond donors (Lipinski definition) is 1. The van der Waals surface area contributed by atoms with Gasteiger partial charge in [0.2, 0.25) is 0 Å². The second-order valence-corrected chi connectivity index (χ2v) is 4.43. The highest BCUT2D eigenvalue weighted by Crippen LogP contribution is 2.29. The molecule has 2 rings (SSSR count). The average Bonchev–Trinajstić information content (AvgIpc) is 2.34. The SMILES string of the molecule is O=C([O-])c1ccccc1Nc1cc(Cl)ccc1Cl. The fourth-order valence-electron chi connectivity index (χ4n) is 1.51. The Morgan fingerprint density at radius 2 is 1.78 bits per heavy atom. The van der Waals surface area contributed by atoms with Crippen LogP contribution in [0.25, 0.3) is 0 Å². The summed E-state index contributed by atoms with van der Waals surface area (Å²) in [5.74, 6) is -1.25. The summed E-state index contributed by atoms with van der Waals surface area (Å²) in [4.78, 5) is 11.0. The molecule has 0 unspecified atom stereocenters. The van der Waals surface area contributed by atoms with Crippen molar-refractivity contribution >= 4 is 40.5 Å². The smallest absolute Gasteiger partial charge is 0.0736 e. The highest BCUT2D eigenvalue weighted by molar-refractivity contribution is 6.35. The van der Waals surface area contributed by atoms with Crippen LogP contribution in [0.2, 0.25) is 10.0 Å². The van der Waals surface area contributed by atoms with Crippen LogP contribution in [0.5, 0.6) is 0 Å². The van der Waals surface area contributed by atoms with Crippen molar-refractivity contribution in [2.24, 2.45) is 0 Å². The van der Waals surface area contributed by atoms with E-state index in [0.29, 0.717) is 21.4 Å². The number of aromatic carboxylic acids is 1. The van der Waals surface area contributed by atoms with Crippen molar-refractivity contribution in [1.29, 1.82) is 0 Å². The monoisotopic (exact) mass is 280 g/mol. The van der Waals surface area contributed by atoms with E-state index in [1.807, 2.05) is 0 Å². The number of carboxylic acid groups (broad SMARTS) is 1. The highest BCUT2D eigenvalue weighted by Gasteiger charge is 2.06. The first-order valence-electron chi connectivity index (χ1n) is 5.10. The molecule has 18 heavy (non-hydrogen) atoms. The third kappa shape index (κ3) is 2.75. The molecule has 1 N–H and O–H groups in total. The molecule has 0 aliphatic heterocycles. The van der Waals surface area contributed by atoms with Gasteiger partial charge in [-0.15, -0.1) is 0 Å². The van der Waals surface area contributed by atoms with Gasteiger partial charge in [-0.25, -0.2) is 0 Å². The topological polar surface area (TPSA) is 52.2 Å². The first kappa shape index (κ1) is 12.7. The molecule has 0 aromatic heterocycles. The summed E-state index contributed by atoms with van der Waals surface area (Å²) in [5.41, 5.74) is 1.01. The quantitative estimate of drug-likeness (QED) is 0.940. The molecule has 0 fully saturated rings. The van der Waals surface area contributed by atoms with Crippen molar-refractivity contribution in [2.75, 3.05) is 5.32 Å². The molecule has 0 bridgehead atoms. The van der Waals surface area contributed by atoms with E-state index in [9.17, 15) is 9.90 Å². The van der Waals surface area contributed by atoms with E-state index in [0.717, 1.165) is 0 Å². The molecule has 0 amide bonds. The van der Waals surface area contributed by atoms with Gasteiger partial charge < -0.3 is 15.2 Å². The molecule has 0 atom stereocenters. The molecule has 0 spiro atoms. The van der Waals surface area contributed by atoms with Crippen molar-refractivity contribution in [3.8, 4) is 0 Å². The van der Waals surface area contributed by atoms with Gasteiger partial charge in [-0.05, 0) is 24.3 Å². The summed E-state index contributed by atoms with van der Waals surface area (Å²) in [6.07, 6.45) is 0. The van der Waals surface area contributed by atoms with E-state index in [4.69, 9.17) is 23.2 Å². The average molecular weight is 281 g/mol. The molecule has 5 heteroatoms. The third-order valence-electron chi connectivity index (χ3n) is 2.34. The number of carboxylic acids is 1. The predicted octanol–water partition coefficient (Wildman–Crippen LogP) is 3.10. The summed E-state index contributed by atoms with van der Waals surface area (Å²) in [6.45, 7) is 0. The fraction of sp³-hybridized carbons (Fsp3) is 0. The van der Waals surface area contributed by atoms with Gasteiger partial charge in [-0.3, -0.25) is 0 Å². The largest absolute Gasteiger partial charge is 0.545 e. The van der Waals surface area contributed by atoms with Gasteiger partial charge >= 0.3 is 0 Å². The van der Waals surface area contributed by atoms with Crippen LogP contribution in [-0.2, 0) is 0 Å². The number of rotatable bonds is 3. The second-order valence-electron chi connectivity index (χ2n) is 3.58. The van der Waals surface area contributed by atoms with E-state index in [1.54, 1.807) is 36.4 Å². The van der Waals surface area contributed by atoms with Crippen LogP contribution in [-0.4, -0.2) is 5.97 Å². The Hall–Kier alpha value is -1.71. The molecule has 2 aromatic carbocycles. The molecule has 0 aliphatic rings. The Bertz CT molecular complexity index is 599. The highest BCUT2D eigenvalue weighted by atomic mass is 35.5. The van der Waals surface area contributed by atoms with Crippen LogP contribution >= 0.6 is 23.2 Å². The van der Waals surface area contributed by atoms with Crippen molar-refractivity contribution in [1.82, 2.24) is 0 Å². The number of carbonyl (C=O) groups is 1. The van der Waals surface area contributed by atoms with Gasteiger partial charge in [0.25, 0.3) is 0 Å². The van der Waals surface area contributed by atoms with Crippen LogP contribution in [0.4, 0.5) is 11.4 Å². The van der Waals surface area contributed by atoms with Gasteiger partial charge in [-0.1, -0.05) is 41.4 Å². The molecule has 0 radical (unpaired) electrons. The van der Waals surface area contributed by atoms with Gasteiger partial charge in [-0.2, -0.15) is 0 Å². The van der Waals surface area contributed by atoms with Crippen molar-refractivity contribution in [3.05, 3.63) is 58.1 Å². The second kappa shape index (κ2) is 5.29. The van der Waals surface area contributed by atoms with E-state index >= 15 is 0 Å². The zero-order valence-corrected chi connectivity index (χ0v) is 10.6. The molecule has 0 saturated heterocycles. The number of nitrogens with one attached hydrogen (secondary N) is 1. The predicted molar refractivity (Wildman–Crippen MR) is 70.5 cm³/mol. The standard InChI is InChI=1S/C13H9Cl2NO2/c14-8-5-6-10(15)12(7-8)16-11-4-2-1-3-9(11)13(17)18/h1-7,16H,(H,17,18)/p-1. The van der Waals surface area contributed by atoms with E-state index in [2.05, 4.69) is 5.32 Å². The molecule has 92 valence electrons. The molecule has 2 aromatic rings. The lowest BCUT2D eigenvalue weighted by Gasteiger charge is -2.13. The maximum atomic E-state index is 11.0. The minimum atomic E-state index is -1.25. The first-order valence-corrected chi connectivity index (χ1v) is 5.86. The summed E-state index contributed by atoms with van der Waals surface area (Å²) in [5, 5.41) is 14.8. The summed E-state index contributed by atoms with van der Waals surface area (Å²) >= 11 is 11.9. The molecular formula is C13H8Cl2NO2-. The lowest BCUT2D eigenvalue weighted by molar-refractivity contribution is -0.254. The molecule has 0 saturated carbocycles. The number of hydrogen-bond acceptors (Lipinski definition) is 3. The van der Waals surface area contributed by atoms with Gasteiger partial charge in [0, 0.05) is 16.3 Å². The molecule has 0 aliphatic carbocycles. The van der Waals surface area contributed by atoms with Crippen LogP contribution in [0.1, 0.15) is 10.4 Å². The molecular weight excluding hydrogens is 273 g/mol. The number of benzene rings is 2. The van der Waals surface area contributed by atoms with Crippen LogP contribution in [0.3, 0.4) is 0 Å². The van der Waals surface area contributed by atoms with Crippen LogP contribution < -0.4 is 10.4 Å². The minimum Gasteiger partial charge on any atom is -0.545 e.